The Hall–Kier alpha value is -1.22. The Morgan fingerprint density at radius 1 is 0.737 bits per heavy atom. The molecule has 0 spiro atoms. The minimum atomic E-state index is -0.139. The molecule has 0 saturated carbocycles. The van der Waals surface area contributed by atoms with Gasteiger partial charge in [0.2, 0.25) is 0 Å². The van der Waals surface area contributed by atoms with Crippen molar-refractivity contribution < 1.29 is 29.0 Å². The van der Waals surface area contributed by atoms with Gasteiger partial charge >= 0.3 is 28.7 Å². The Kier molecular flexibility index (Phi) is 7.35. The normalized spacial score (nSPS) is 9.05. The van der Waals surface area contributed by atoms with Gasteiger partial charge in [-0.15, -0.1) is 0 Å². The van der Waals surface area contributed by atoms with Crippen molar-refractivity contribution >= 4 is 20.9 Å². The molecule has 0 unspecified atom stereocenters. The summed E-state index contributed by atoms with van der Waals surface area (Å²) in [6.45, 7) is 0. The first kappa shape index (κ1) is 15.8. The van der Waals surface area contributed by atoms with Gasteiger partial charge in [-0.3, -0.25) is 9.59 Å². The van der Waals surface area contributed by atoms with Gasteiger partial charge < -0.3 is 0 Å². The van der Waals surface area contributed by atoms with Crippen molar-refractivity contribution in [2.24, 2.45) is 0 Å². The van der Waals surface area contributed by atoms with Crippen LogP contribution in [0.3, 0.4) is 0 Å². The molecule has 0 amide bonds. The minimum absolute atomic E-state index is 0.0754. The van der Waals surface area contributed by atoms with Crippen LogP contribution in [-0.4, -0.2) is 11.6 Å². The van der Waals surface area contributed by atoms with Crippen LogP contribution >= 0.6 is 9.30 Å². The van der Waals surface area contributed by atoms with E-state index in [1.807, 2.05) is 12.1 Å². The van der Waals surface area contributed by atoms with Crippen LogP contribution in [0.1, 0.15) is 27.1 Å². The third-order valence-corrected chi connectivity index (χ3v) is 2.51. The molecule has 0 N–H and O–H groups in total. The number of Topliss-reactive ketones (excluding diaryl/α,β-unsaturated/α-hetero) is 2. The van der Waals surface area contributed by atoms with Crippen molar-refractivity contribution in [2.75, 3.05) is 0 Å². The summed E-state index contributed by atoms with van der Waals surface area (Å²) in [6.07, 6.45) is -0.0754. The van der Waals surface area contributed by atoms with Crippen LogP contribution in [0.2, 0.25) is 0 Å². The molecule has 0 radical (unpaired) electrons. The average molecular weight is 308 g/mol. The average Bonchev–Trinajstić information content (AvgIpc) is 2.51. The first-order valence-electron chi connectivity index (χ1n) is 5.63. The Bertz CT molecular complexity index is 477. The van der Waals surface area contributed by atoms with Crippen molar-refractivity contribution in [1.29, 1.82) is 0 Å². The molecule has 2 nitrogen and oxygen atoms in total. The fraction of sp³-hybridized carbons (Fsp3) is 0.0667. The maximum absolute atomic E-state index is 11.8. The molecule has 0 bridgehead atoms. The molecule has 0 fully saturated rings. The summed E-state index contributed by atoms with van der Waals surface area (Å²) in [5.41, 5.74) is 1.16. The van der Waals surface area contributed by atoms with Gasteiger partial charge in [-0.1, -0.05) is 60.7 Å². The molecular formula is C15H12ClO2Ti. The van der Waals surface area contributed by atoms with E-state index in [0.717, 1.165) is 0 Å². The van der Waals surface area contributed by atoms with Gasteiger partial charge in [0.05, 0.1) is 6.42 Å². The summed E-state index contributed by atoms with van der Waals surface area (Å²) in [5.74, 6) is -0.279. The number of ketones is 2. The third kappa shape index (κ3) is 5.11. The van der Waals surface area contributed by atoms with E-state index in [2.05, 4.69) is 9.30 Å². The Morgan fingerprint density at radius 2 is 1.05 bits per heavy atom. The summed E-state index contributed by atoms with van der Waals surface area (Å²) in [5, 5.41) is 0. The first-order chi connectivity index (χ1) is 9.27. The molecule has 2 rings (SSSR count). The van der Waals surface area contributed by atoms with E-state index < -0.39 is 0 Å². The van der Waals surface area contributed by atoms with Crippen LogP contribution in [0.25, 0.3) is 0 Å². The molecule has 0 aliphatic rings. The zero-order chi connectivity index (χ0) is 14.1. The fourth-order valence-corrected chi connectivity index (χ4v) is 1.60. The number of halogens is 1. The van der Waals surface area contributed by atoms with Gasteiger partial charge in [0.15, 0.2) is 11.6 Å². The predicted octanol–water partition coefficient (Wildman–Crippen LogP) is 3.83. The second-order valence-corrected chi connectivity index (χ2v) is 3.76. The van der Waals surface area contributed by atoms with Crippen LogP contribution in [0.15, 0.2) is 60.7 Å². The predicted molar refractivity (Wildman–Crippen MR) is 72.0 cm³/mol. The van der Waals surface area contributed by atoms with E-state index in [0.29, 0.717) is 11.1 Å². The zero-order valence-corrected chi connectivity index (χ0v) is 12.5. The molecule has 19 heavy (non-hydrogen) atoms. The van der Waals surface area contributed by atoms with E-state index in [4.69, 9.17) is 0 Å². The summed E-state index contributed by atoms with van der Waals surface area (Å²) in [6, 6.07) is 17.7. The summed E-state index contributed by atoms with van der Waals surface area (Å²) in [7, 11) is 4.64. The Labute approximate surface area is 128 Å². The van der Waals surface area contributed by atoms with E-state index in [1.54, 1.807) is 48.5 Å². The second kappa shape index (κ2) is 8.81. The topological polar surface area (TPSA) is 34.1 Å². The second-order valence-electron chi connectivity index (χ2n) is 3.76. The number of hydrogen-bond acceptors (Lipinski definition) is 2. The molecule has 95 valence electrons. The van der Waals surface area contributed by atoms with Crippen molar-refractivity contribution in [2.45, 2.75) is 6.42 Å². The standard InChI is InChI=1S/C15H12O2.ClH.Ti/c16-14(12-7-3-1-4-8-12)11-15(17)13-9-5-2-6-10-13;;/h1-10H,11H2;1H;/q;;+1/p-1. The summed E-state index contributed by atoms with van der Waals surface area (Å²) >= 11 is 1.47. The number of hydrogen-bond donors (Lipinski definition) is 0. The van der Waals surface area contributed by atoms with Crippen LogP contribution in [0.5, 0.6) is 0 Å². The first-order valence-corrected chi connectivity index (χ1v) is 7.77. The molecule has 0 aromatic heterocycles. The number of benzene rings is 2. The van der Waals surface area contributed by atoms with Gasteiger partial charge in [-0.25, -0.2) is 0 Å². The fourth-order valence-electron chi connectivity index (χ4n) is 1.60. The van der Waals surface area contributed by atoms with Crippen molar-refractivity contribution in [3.63, 3.8) is 0 Å². The van der Waals surface area contributed by atoms with Crippen LogP contribution in [0, 0.1) is 0 Å². The molecule has 0 aliphatic heterocycles. The van der Waals surface area contributed by atoms with Crippen molar-refractivity contribution in [3.05, 3.63) is 71.8 Å². The Morgan fingerprint density at radius 3 is 1.37 bits per heavy atom. The summed E-state index contributed by atoms with van der Waals surface area (Å²) < 4.78 is 0. The Balaban J connectivity index is 0.000000861. The monoisotopic (exact) mass is 307 g/mol. The van der Waals surface area contributed by atoms with Crippen LogP contribution < -0.4 is 0 Å². The van der Waals surface area contributed by atoms with Crippen LogP contribution in [-0.2, 0) is 19.4 Å². The van der Waals surface area contributed by atoms with Gasteiger partial charge in [0.25, 0.3) is 0 Å². The number of carbonyl (C=O) groups is 2. The maximum atomic E-state index is 11.8. The molecule has 0 heterocycles. The van der Waals surface area contributed by atoms with Crippen LogP contribution in [0.4, 0.5) is 0 Å². The van der Waals surface area contributed by atoms with Gasteiger partial charge in [0, 0.05) is 11.1 Å². The molecule has 0 saturated heterocycles. The third-order valence-electron chi connectivity index (χ3n) is 2.51. The SMILES string of the molecule is O=C(CC(=O)c1ccccc1)c1ccccc1.[Cl][Ti]. The van der Waals surface area contributed by atoms with E-state index in [-0.39, 0.29) is 18.0 Å². The summed E-state index contributed by atoms with van der Waals surface area (Å²) in [4.78, 5) is 23.6. The van der Waals surface area contributed by atoms with Crippen molar-refractivity contribution in [1.82, 2.24) is 0 Å². The van der Waals surface area contributed by atoms with Gasteiger partial charge in [-0.05, 0) is 0 Å². The van der Waals surface area contributed by atoms with E-state index >= 15 is 0 Å². The van der Waals surface area contributed by atoms with Gasteiger partial charge in [-0.2, -0.15) is 0 Å². The van der Waals surface area contributed by atoms with E-state index in [9.17, 15) is 9.59 Å². The van der Waals surface area contributed by atoms with Crippen molar-refractivity contribution in [3.8, 4) is 0 Å². The number of rotatable bonds is 4. The molecular weight excluding hydrogens is 295 g/mol. The molecule has 4 heteroatoms. The molecule has 2 aromatic carbocycles. The quantitative estimate of drug-likeness (QED) is 0.489. The molecule has 2 aromatic rings. The van der Waals surface area contributed by atoms with E-state index in [1.165, 1.54) is 19.4 Å². The molecule has 0 aliphatic carbocycles. The zero-order valence-electron chi connectivity index (χ0n) is 10.2. The molecule has 0 atom stereocenters. The van der Waals surface area contributed by atoms with Gasteiger partial charge in [0.1, 0.15) is 0 Å². The number of carbonyl (C=O) groups excluding carboxylic acids is 2.